The minimum Gasteiger partial charge on any atom is -0.294 e. The number of hydrogen-bond donors (Lipinski definition) is 3. The van der Waals surface area contributed by atoms with Gasteiger partial charge >= 0.3 is 0 Å². The van der Waals surface area contributed by atoms with Gasteiger partial charge in [-0.3, -0.25) is 15.0 Å². The SMILES string of the molecule is NNC(=O)CCC(=O)N/N=C/c1ccc(F)cc1. The van der Waals surface area contributed by atoms with E-state index in [1.54, 1.807) is 0 Å². The van der Waals surface area contributed by atoms with Crippen molar-refractivity contribution >= 4 is 18.0 Å². The molecule has 0 aliphatic carbocycles. The number of nitrogens with zero attached hydrogens (tertiary/aromatic N) is 1. The monoisotopic (exact) mass is 252 g/mol. The van der Waals surface area contributed by atoms with E-state index in [0.29, 0.717) is 5.56 Å². The molecule has 0 aliphatic rings. The number of hydrazine groups is 1. The molecule has 1 rings (SSSR count). The van der Waals surface area contributed by atoms with E-state index < -0.39 is 11.8 Å². The number of carbonyl (C=O) groups excluding carboxylic acids is 2. The molecular weight excluding hydrogens is 239 g/mol. The van der Waals surface area contributed by atoms with Gasteiger partial charge in [-0.2, -0.15) is 5.10 Å². The van der Waals surface area contributed by atoms with Crippen molar-refractivity contribution in [2.75, 3.05) is 0 Å². The average molecular weight is 252 g/mol. The number of nitrogens with two attached hydrogens (primary N) is 1. The van der Waals surface area contributed by atoms with E-state index in [0.717, 1.165) is 0 Å². The average Bonchev–Trinajstić information content (AvgIpc) is 2.38. The first kappa shape index (κ1) is 13.8. The first-order valence-electron chi connectivity index (χ1n) is 5.18. The highest BCUT2D eigenvalue weighted by atomic mass is 19.1. The second-order valence-corrected chi connectivity index (χ2v) is 3.41. The van der Waals surface area contributed by atoms with Gasteiger partial charge in [0.05, 0.1) is 6.21 Å². The summed E-state index contributed by atoms with van der Waals surface area (Å²) in [6, 6.07) is 5.61. The lowest BCUT2D eigenvalue weighted by Gasteiger charge is -1.99. The second kappa shape index (κ2) is 7.13. The van der Waals surface area contributed by atoms with Crippen molar-refractivity contribution in [3.63, 3.8) is 0 Å². The highest BCUT2D eigenvalue weighted by Gasteiger charge is 2.03. The number of rotatable bonds is 5. The molecule has 0 spiro atoms. The van der Waals surface area contributed by atoms with E-state index in [2.05, 4.69) is 10.5 Å². The van der Waals surface area contributed by atoms with Crippen LogP contribution in [0.3, 0.4) is 0 Å². The topological polar surface area (TPSA) is 96.6 Å². The molecule has 7 heteroatoms. The largest absolute Gasteiger partial charge is 0.294 e. The van der Waals surface area contributed by atoms with Crippen molar-refractivity contribution in [2.45, 2.75) is 12.8 Å². The molecule has 0 aliphatic heterocycles. The maximum absolute atomic E-state index is 12.6. The number of hydrazone groups is 1. The Bertz CT molecular complexity index is 445. The fourth-order valence-electron chi connectivity index (χ4n) is 1.08. The van der Waals surface area contributed by atoms with E-state index in [1.165, 1.54) is 30.5 Å². The summed E-state index contributed by atoms with van der Waals surface area (Å²) in [6.45, 7) is 0. The van der Waals surface area contributed by atoms with Crippen LogP contribution in [0, 0.1) is 5.82 Å². The number of halogens is 1. The molecule has 0 aromatic heterocycles. The molecule has 0 heterocycles. The van der Waals surface area contributed by atoms with Crippen molar-refractivity contribution in [1.82, 2.24) is 10.9 Å². The van der Waals surface area contributed by atoms with Crippen LogP contribution in [0.5, 0.6) is 0 Å². The quantitative estimate of drug-likeness (QED) is 0.299. The van der Waals surface area contributed by atoms with Gasteiger partial charge in [0, 0.05) is 12.8 Å². The molecule has 2 amide bonds. The van der Waals surface area contributed by atoms with Gasteiger partial charge in [0.1, 0.15) is 5.82 Å². The number of carbonyl (C=O) groups is 2. The zero-order chi connectivity index (χ0) is 13.4. The molecule has 0 saturated carbocycles. The summed E-state index contributed by atoms with van der Waals surface area (Å²) in [5.74, 6) is 3.68. The molecular formula is C11H13FN4O2. The molecule has 0 unspecified atom stereocenters. The number of nitrogens with one attached hydrogen (secondary N) is 2. The van der Waals surface area contributed by atoms with E-state index in [4.69, 9.17) is 5.84 Å². The van der Waals surface area contributed by atoms with Crippen molar-refractivity contribution in [1.29, 1.82) is 0 Å². The van der Waals surface area contributed by atoms with Gasteiger partial charge in [-0.25, -0.2) is 15.7 Å². The Morgan fingerprint density at radius 2 is 1.83 bits per heavy atom. The fraction of sp³-hybridized carbons (Fsp3) is 0.182. The Kier molecular flexibility index (Phi) is 5.46. The van der Waals surface area contributed by atoms with Gasteiger partial charge < -0.3 is 0 Å². The summed E-state index contributed by atoms with van der Waals surface area (Å²) in [5.41, 5.74) is 4.81. The molecule has 4 N–H and O–H groups in total. The van der Waals surface area contributed by atoms with Crippen LogP contribution in [0.25, 0.3) is 0 Å². The van der Waals surface area contributed by atoms with Crippen LogP contribution in [0.4, 0.5) is 4.39 Å². The fourth-order valence-corrected chi connectivity index (χ4v) is 1.08. The van der Waals surface area contributed by atoms with Crippen LogP contribution in [-0.2, 0) is 9.59 Å². The van der Waals surface area contributed by atoms with Crippen LogP contribution >= 0.6 is 0 Å². The summed E-state index contributed by atoms with van der Waals surface area (Å²) in [5, 5.41) is 3.67. The molecule has 0 atom stereocenters. The van der Waals surface area contributed by atoms with Gasteiger partial charge in [-0.15, -0.1) is 0 Å². The zero-order valence-electron chi connectivity index (χ0n) is 9.52. The molecule has 18 heavy (non-hydrogen) atoms. The highest BCUT2D eigenvalue weighted by molar-refractivity contribution is 5.85. The molecule has 6 nitrogen and oxygen atoms in total. The van der Waals surface area contributed by atoms with E-state index in [-0.39, 0.29) is 18.7 Å². The van der Waals surface area contributed by atoms with Crippen LogP contribution in [-0.4, -0.2) is 18.0 Å². The number of benzene rings is 1. The van der Waals surface area contributed by atoms with Gasteiger partial charge in [0.25, 0.3) is 0 Å². The lowest BCUT2D eigenvalue weighted by Crippen LogP contribution is -2.31. The first-order chi connectivity index (χ1) is 8.61. The van der Waals surface area contributed by atoms with Gasteiger partial charge in [-0.1, -0.05) is 12.1 Å². The van der Waals surface area contributed by atoms with Crippen LogP contribution in [0.2, 0.25) is 0 Å². The predicted molar refractivity (Wildman–Crippen MR) is 63.7 cm³/mol. The van der Waals surface area contributed by atoms with Gasteiger partial charge in [0.2, 0.25) is 11.8 Å². The van der Waals surface area contributed by atoms with Crippen molar-refractivity contribution in [3.05, 3.63) is 35.6 Å². The smallest absolute Gasteiger partial charge is 0.240 e. The summed E-state index contributed by atoms with van der Waals surface area (Å²) in [7, 11) is 0. The van der Waals surface area contributed by atoms with Gasteiger partial charge in [-0.05, 0) is 17.7 Å². The van der Waals surface area contributed by atoms with E-state index in [9.17, 15) is 14.0 Å². The summed E-state index contributed by atoms with van der Waals surface area (Å²) in [4.78, 5) is 22.0. The summed E-state index contributed by atoms with van der Waals surface area (Å²) >= 11 is 0. The molecule has 0 fully saturated rings. The normalized spacial score (nSPS) is 10.3. The molecule has 96 valence electrons. The number of amides is 2. The standard InChI is InChI=1S/C11H13FN4O2/c12-9-3-1-8(2-4-9)7-14-16-11(18)6-5-10(17)15-13/h1-4,7H,5-6,13H2,(H,15,17)(H,16,18)/b14-7+. The third kappa shape index (κ3) is 5.17. The van der Waals surface area contributed by atoms with Gasteiger partial charge in [0.15, 0.2) is 0 Å². The molecule has 0 bridgehead atoms. The lowest BCUT2D eigenvalue weighted by atomic mass is 10.2. The zero-order valence-corrected chi connectivity index (χ0v) is 9.52. The molecule has 0 radical (unpaired) electrons. The van der Waals surface area contributed by atoms with Crippen molar-refractivity contribution < 1.29 is 14.0 Å². The minimum absolute atomic E-state index is 0.00555. The minimum atomic E-state index is -0.423. The Morgan fingerprint density at radius 1 is 1.22 bits per heavy atom. The Balaban J connectivity index is 2.33. The maximum Gasteiger partial charge on any atom is 0.240 e. The third-order valence-electron chi connectivity index (χ3n) is 2.01. The van der Waals surface area contributed by atoms with E-state index >= 15 is 0 Å². The van der Waals surface area contributed by atoms with Crippen molar-refractivity contribution in [3.8, 4) is 0 Å². The number of hydrogen-bond acceptors (Lipinski definition) is 4. The second-order valence-electron chi connectivity index (χ2n) is 3.41. The molecule has 1 aromatic carbocycles. The van der Waals surface area contributed by atoms with Crippen LogP contribution in [0.15, 0.2) is 29.4 Å². The lowest BCUT2D eigenvalue weighted by molar-refractivity contribution is -0.126. The summed E-state index contributed by atoms with van der Waals surface area (Å²) in [6.07, 6.45) is 1.36. The maximum atomic E-state index is 12.6. The Morgan fingerprint density at radius 3 is 2.44 bits per heavy atom. The van der Waals surface area contributed by atoms with Crippen molar-refractivity contribution in [2.24, 2.45) is 10.9 Å². The third-order valence-corrected chi connectivity index (χ3v) is 2.01. The highest BCUT2D eigenvalue weighted by Crippen LogP contribution is 1.99. The molecule has 1 aromatic rings. The summed E-state index contributed by atoms with van der Waals surface area (Å²) < 4.78 is 12.6. The van der Waals surface area contributed by atoms with E-state index in [1.807, 2.05) is 5.43 Å². The van der Waals surface area contributed by atoms with Crippen LogP contribution < -0.4 is 16.7 Å². The van der Waals surface area contributed by atoms with Crippen LogP contribution in [0.1, 0.15) is 18.4 Å². The first-order valence-corrected chi connectivity index (χ1v) is 5.18. The Hall–Kier alpha value is -2.28. The Labute approximate surface area is 103 Å². The predicted octanol–water partition coefficient (Wildman–Crippen LogP) is 0.0459. The molecule has 0 saturated heterocycles.